The molecular weight excluding hydrogens is 424 g/mol. The zero-order valence-corrected chi connectivity index (χ0v) is 16.6. The first-order valence-electron chi connectivity index (χ1n) is 8.19. The van der Waals surface area contributed by atoms with E-state index in [0.29, 0.717) is 5.92 Å². The van der Waals surface area contributed by atoms with Gasteiger partial charge in [-0.15, -0.1) is 0 Å². The third-order valence-corrected chi connectivity index (χ3v) is 6.16. The maximum atomic E-state index is 3.65. The Hall–Kier alpha value is -1.38. The van der Waals surface area contributed by atoms with E-state index in [2.05, 4.69) is 112 Å². The molecule has 0 aromatic heterocycles. The Morgan fingerprint density at radius 3 is 2.17 bits per heavy atom. The maximum absolute atomic E-state index is 3.65. The minimum Gasteiger partial charge on any atom is -0.0622 e. The molecule has 0 aliphatic heterocycles. The minimum atomic E-state index is 0.0173. The predicted molar refractivity (Wildman–Crippen MR) is 108 cm³/mol. The highest BCUT2D eigenvalue weighted by Crippen LogP contribution is 2.52. The molecule has 0 nitrogen and oxygen atoms in total. The summed E-state index contributed by atoms with van der Waals surface area (Å²) < 4.78 is 2.24. The molecule has 0 spiro atoms. The molecule has 4 rings (SSSR count). The van der Waals surface area contributed by atoms with Crippen LogP contribution in [0.25, 0.3) is 0 Å². The molecule has 2 heteroatoms. The van der Waals surface area contributed by atoms with Crippen molar-refractivity contribution in [3.05, 3.63) is 104 Å². The smallest absolute Gasteiger partial charge is 0.0189 e. The largest absolute Gasteiger partial charge is 0.0622 e. The van der Waals surface area contributed by atoms with Crippen molar-refractivity contribution in [2.45, 2.75) is 24.7 Å². The van der Waals surface area contributed by atoms with Crippen LogP contribution in [0.5, 0.6) is 0 Å². The van der Waals surface area contributed by atoms with Crippen LogP contribution in [0.3, 0.4) is 0 Å². The fraction of sp³-hybridized carbons (Fsp3) is 0.182. The van der Waals surface area contributed by atoms with E-state index in [1.807, 2.05) is 0 Å². The van der Waals surface area contributed by atoms with Crippen molar-refractivity contribution in [2.75, 3.05) is 0 Å². The van der Waals surface area contributed by atoms with Gasteiger partial charge in [-0.2, -0.15) is 0 Å². The normalized spacial score (nSPS) is 22.4. The SMILES string of the molecule is CC1(c2cc(Br)cc(Br)c2)CC(c2ccccc2)c2ccccc21. The van der Waals surface area contributed by atoms with Crippen LogP contribution in [-0.2, 0) is 5.41 Å². The summed E-state index contributed by atoms with van der Waals surface area (Å²) in [5.74, 6) is 0.449. The highest BCUT2D eigenvalue weighted by Gasteiger charge is 2.41. The molecule has 2 unspecified atom stereocenters. The summed E-state index contributed by atoms with van der Waals surface area (Å²) in [5, 5.41) is 0. The van der Waals surface area contributed by atoms with Gasteiger partial charge < -0.3 is 0 Å². The molecule has 0 fully saturated rings. The van der Waals surface area contributed by atoms with Crippen LogP contribution in [-0.4, -0.2) is 0 Å². The predicted octanol–water partition coefficient (Wildman–Crippen LogP) is 7.05. The monoisotopic (exact) mass is 440 g/mol. The van der Waals surface area contributed by atoms with Crippen molar-refractivity contribution in [3.63, 3.8) is 0 Å². The molecule has 0 bridgehead atoms. The zero-order valence-electron chi connectivity index (χ0n) is 13.5. The van der Waals surface area contributed by atoms with Gasteiger partial charge in [0.1, 0.15) is 0 Å². The molecule has 3 aromatic rings. The maximum Gasteiger partial charge on any atom is 0.0189 e. The van der Waals surface area contributed by atoms with Gasteiger partial charge in [0.25, 0.3) is 0 Å². The average molecular weight is 442 g/mol. The van der Waals surface area contributed by atoms with Crippen molar-refractivity contribution >= 4 is 31.9 Å². The second-order valence-corrected chi connectivity index (χ2v) is 8.58. The molecule has 0 amide bonds. The second kappa shape index (κ2) is 6.16. The van der Waals surface area contributed by atoms with Crippen LogP contribution >= 0.6 is 31.9 Å². The highest BCUT2D eigenvalue weighted by molar-refractivity contribution is 9.11. The summed E-state index contributed by atoms with van der Waals surface area (Å²) in [5.41, 5.74) is 5.69. The Labute approximate surface area is 160 Å². The van der Waals surface area contributed by atoms with Gasteiger partial charge in [-0.3, -0.25) is 0 Å². The van der Waals surface area contributed by atoms with Crippen molar-refractivity contribution in [1.29, 1.82) is 0 Å². The molecule has 0 saturated carbocycles. The van der Waals surface area contributed by atoms with Crippen LogP contribution in [0.4, 0.5) is 0 Å². The van der Waals surface area contributed by atoms with Gasteiger partial charge in [0, 0.05) is 20.3 Å². The van der Waals surface area contributed by atoms with Crippen molar-refractivity contribution in [3.8, 4) is 0 Å². The standard InChI is InChI=1S/C22H18Br2/c1-22(16-11-17(23)13-18(24)12-16)14-20(15-7-3-2-4-8-15)19-9-5-6-10-21(19)22/h2-13,20H,14H2,1H3. The number of rotatable bonds is 2. The number of hydrogen-bond donors (Lipinski definition) is 0. The van der Waals surface area contributed by atoms with E-state index < -0.39 is 0 Å². The lowest BCUT2D eigenvalue weighted by atomic mass is 9.76. The van der Waals surface area contributed by atoms with Gasteiger partial charge in [-0.1, -0.05) is 93.4 Å². The minimum absolute atomic E-state index is 0.0173. The van der Waals surface area contributed by atoms with E-state index in [0.717, 1.165) is 15.4 Å². The van der Waals surface area contributed by atoms with E-state index in [4.69, 9.17) is 0 Å². The molecular formula is C22H18Br2. The van der Waals surface area contributed by atoms with Crippen molar-refractivity contribution < 1.29 is 0 Å². The third-order valence-electron chi connectivity index (χ3n) is 5.24. The number of benzene rings is 3. The van der Waals surface area contributed by atoms with Crippen LogP contribution < -0.4 is 0 Å². The lowest BCUT2D eigenvalue weighted by Gasteiger charge is -2.27. The average Bonchev–Trinajstić information content (AvgIpc) is 2.90. The Morgan fingerprint density at radius 2 is 1.46 bits per heavy atom. The quantitative estimate of drug-likeness (QED) is 0.399. The fourth-order valence-electron chi connectivity index (χ4n) is 4.06. The Bertz CT molecular complexity index is 865. The van der Waals surface area contributed by atoms with E-state index in [9.17, 15) is 0 Å². The van der Waals surface area contributed by atoms with Crippen LogP contribution in [0, 0.1) is 0 Å². The van der Waals surface area contributed by atoms with Crippen LogP contribution in [0.1, 0.15) is 41.5 Å². The van der Waals surface area contributed by atoms with Gasteiger partial charge in [-0.25, -0.2) is 0 Å². The van der Waals surface area contributed by atoms with E-state index in [-0.39, 0.29) is 5.41 Å². The molecule has 0 saturated heterocycles. The molecule has 1 aliphatic carbocycles. The van der Waals surface area contributed by atoms with Gasteiger partial charge in [0.05, 0.1) is 0 Å². The van der Waals surface area contributed by atoms with Gasteiger partial charge in [0.2, 0.25) is 0 Å². The summed E-state index contributed by atoms with van der Waals surface area (Å²) >= 11 is 7.31. The summed E-state index contributed by atoms with van der Waals surface area (Å²) in [6.07, 6.45) is 1.10. The fourth-order valence-corrected chi connectivity index (χ4v) is 5.35. The van der Waals surface area contributed by atoms with Gasteiger partial charge in [0.15, 0.2) is 0 Å². The first kappa shape index (κ1) is 16.1. The molecule has 0 radical (unpaired) electrons. The lowest BCUT2D eigenvalue weighted by Crippen LogP contribution is -2.20. The second-order valence-electron chi connectivity index (χ2n) is 6.74. The molecule has 24 heavy (non-hydrogen) atoms. The highest BCUT2D eigenvalue weighted by atomic mass is 79.9. The van der Waals surface area contributed by atoms with Crippen molar-refractivity contribution in [2.24, 2.45) is 0 Å². The van der Waals surface area contributed by atoms with Crippen LogP contribution in [0.2, 0.25) is 0 Å². The van der Waals surface area contributed by atoms with Gasteiger partial charge >= 0.3 is 0 Å². The Morgan fingerprint density at radius 1 is 0.833 bits per heavy atom. The van der Waals surface area contributed by atoms with Crippen molar-refractivity contribution in [1.82, 2.24) is 0 Å². The molecule has 1 aliphatic rings. The van der Waals surface area contributed by atoms with Crippen LogP contribution in [0.15, 0.2) is 81.7 Å². The lowest BCUT2D eigenvalue weighted by molar-refractivity contribution is 0.538. The molecule has 2 atom stereocenters. The first-order chi connectivity index (χ1) is 11.6. The summed E-state index contributed by atoms with van der Waals surface area (Å²) in [7, 11) is 0. The molecule has 120 valence electrons. The Kier molecular flexibility index (Phi) is 4.14. The molecule has 3 aromatic carbocycles. The van der Waals surface area contributed by atoms with E-state index in [1.165, 1.54) is 22.3 Å². The Balaban J connectivity index is 1.89. The number of hydrogen-bond acceptors (Lipinski definition) is 0. The zero-order chi connectivity index (χ0) is 16.7. The first-order valence-corrected chi connectivity index (χ1v) is 9.77. The summed E-state index contributed by atoms with van der Waals surface area (Å²) in [4.78, 5) is 0. The van der Waals surface area contributed by atoms with Gasteiger partial charge in [-0.05, 0) is 46.9 Å². The molecule has 0 N–H and O–H groups in total. The summed E-state index contributed by atoms with van der Waals surface area (Å²) in [6.45, 7) is 2.38. The molecule has 0 heterocycles. The summed E-state index contributed by atoms with van der Waals surface area (Å²) in [6, 6.07) is 26.4. The topological polar surface area (TPSA) is 0 Å². The van der Waals surface area contributed by atoms with E-state index in [1.54, 1.807) is 0 Å². The third kappa shape index (κ3) is 2.66. The number of fused-ring (bicyclic) bond motifs is 1. The number of halogens is 2. The van der Waals surface area contributed by atoms with E-state index >= 15 is 0 Å².